The van der Waals surface area contributed by atoms with Gasteiger partial charge >= 0.3 is 0 Å². The number of nitrogens with zero attached hydrogens (tertiary/aromatic N) is 1. The number of nitrogens with one attached hydrogen (secondary N) is 2. The van der Waals surface area contributed by atoms with Gasteiger partial charge in [-0.3, -0.25) is 5.10 Å². The van der Waals surface area contributed by atoms with E-state index in [0.29, 0.717) is 12.1 Å². The molecular formula is C12H21N3. The average Bonchev–Trinajstić information content (AvgIpc) is 2.70. The van der Waals surface area contributed by atoms with E-state index in [4.69, 9.17) is 0 Å². The van der Waals surface area contributed by atoms with E-state index in [2.05, 4.69) is 29.4 Å². The maximum absolute atomic E-state index is 3.99. The fourth-order valence-corrected chi connectivity index (χ4v) is 2.54. The van der Waals surface area contributed by atoms with Crippen LogP contribution < -0.4 is 5.32 Å². The lowest BCUT2D eigenvalue weighted by Crippen LogP contribution is -2.35. The Kier molecular flexibility index (Phi) is 3.41. The van der Waals surface area contributed by atoms with Crippen LogP contribution in [-0.4, -0.2) is 16.2 Å². The second-order valence-corrected chi connectivity index (χ2v) is 4.87. The SMILES string of the molecule is CC1CCCC(NC(C)c2ccn[nH]2)C1. The Bertz CT molecular complexity index is 281. The molecule has 3 atom stereocenters. The molecule has 1 aromatic heterocycles. The molecule has 3 heteroatoms. The monoisotopic (exact) mass is 207 g/mol. The first kappa shape index (κ1) is 10.7. The van der Waals surface area contributed by atoms with Crippen LogP contribution in [0.4, 0.5) is 0 Å². The first-order valence-corrected chi connectivity index (χ1v) is 6.01. The fourth-order valence-electron chi connectivity index (χ4n) is 2.54. The van der Waals surface area contributed by atoms with Gasteiger partial charge in [-0.25, -0.2) is 0 Å². The minimum atomic E-state index is 0.391. The first-order chi connectivity index (χ1) is 7.25. The van der Waals surface area contributed by atoms with Gasteiger partial charge < -0.3 is 5.32 Å². The van der Waals surface area contributed by atoms with E-state index in [9.17, 15) is 0 Å². The summed E-state index contributed by atoms with van der Waals surface area (Å²) in [5.41, 5.74) is 1.19. The maximum Gasteiger partial charge on any atom is 0.0518 e. The van der Waals surface area contributed by atoms with Gasteiger partial charge in [0.1, 0.15) is 0 Å². The highest BCUT2D eigenvalue weighted by atomic mass is 15.1. The van der Waals surface area contributed by atoms with Crippen LogP contribution in [0.3, 0.4) is 0 Å². The Morgan fingerprint density at radius 3 is 3.07 bits per heavy atom. The summed E-state index contributed by atoms with van der Waals surface area (Å²) in [6, 6.07) is 3.12. The van der Waals surface area contributed by atoms with Gasteiger partial charge in [0.2, 0.25) is 0 Å². The molecule has 1 aliphatic rings. The molecule has 1 heterocycles. The topological polar surface area (TPSA) is 40.7 Å². The standard InChI is InChI=1S/C12H21N3/c1-9-4-3-5-11(8-9)14-10(2)12-6-7-13-15-12/h6-7,9-11,14H,3-5,8H2,1-2H3,(H,13,15). The summed E-state index contributed by atoms with van der Waals surface area (Å²) in [5.74, 6) is 0.880. The zero-order valence-electron chi connectivity index (χ0n) is 9.66. The molecule has 2 N–H and O–H groups in total. The third-order valence-corrected chi connectivity index (χ3v) is 3.41. The van der Waals surface area contributed by atoms with E-state index < -0.39 is 0 Å². The van der Waals surface area contributed by atoms with Crippen LogP contribution in [-0.2, 0) is 0 Å². The summed E-state index contributed by atoms with van der Waals surface area (Å²) in [6.45, 7) is 4.56. The van der Waals surface area contributed by atoms with Gasteiger partial charge in [-0.1, -0.05) is 19.8 Å². The average molecular weight is 207 g/mol. The fraction of sp³-hybridized carbons (Fsp3) is 0.750. The van der Waals surface area contributed by atoms with Crippen molar-refractivity contribution in [1.29, 1.82) is 0 Å². The van der Waals surface area contributed by atoms with E-state index in [1.165, 1.54) is 31.4 Å². The number of aromatic nitrogens is 2. The van der Waals surface area contributed by atoms with Crippen LogP contribution >= 0.6 is 0 Å². The molecule has 1 aromatic rings. The molecule has 0 saturated heterocycles. The first-order valence-electron chi connectivity index (χ1n) is 6.01. The normalized spacial score (nSPS) is 28.9. The molecule has 3 nitrogen and oxygen atoms in total. The van der Waals surface area contributed by atoms with E-state index in [-0.39, 0.29) is 0 Å². The third kappa shape index (κ3) is 2.81. The van der Waals surface area contributed by atoms with Crippen LogP contribution in [0, 0.1) is 5.92 Å². The Labute approximate surface area is 91.7 Å². The number of aromatic amines is 1. The summed E-state index contributed by atoms with van der Waals surface area (Å²) >= 11 is 0. The molecule has 0 spiro atoms. The summed E-state index contributed by atoms with van der Waals surface area (Å²) < 4.78 is 0. The minimum Gasteiger partial charge on any atom is -0.306 e. The second-order valence-electron chi connectivity index (χ2n) is 4.87. The van der Waals surface area contributed by atoms with E-state index in [1.54, 1.807) is 0 Å². The molecule has 0 aliphatic heterocycles. The van der Waals surface area contributed by atoms with Crippen LogP contribution in [0.15, 0.2) is 12.3 Å². The highest BCUT2D eigenvalue weighted by molar-refractivity contribution is 5.03. The number of hydrogen-bond donors (Lipinski definition) is 2. The number of H-pyrrole nitrogens is 1. The molecule has 0 radical (unpaired) electrons. The van der Waals surface area contributed by atoms with Crippen molar-refractivity contribution in [1.82, 2.24) is 15.5 Å². The molecule has 0 bridgehead atoms. The van der Waals surface area contributed by atoms with Gasteiger partial charge in [-0.05, 0) is 31.7 Å². The Balaban J connectivity index is 1.86. The molecule has 0 amide bonds. The van der Waals surface area contributed by atoms with Crippen LogP contribution in [0.2, 0.25) is 0 Å². The van der Waals surface area contributed by atoms with Gasteiger partial charge in [-0.15, -0.1) is 0 Å². The van der Waals surface area contributed by atoms with Crippen molar-refractivity contribution in [2.45, 2.75) is 51.6 Å². The lowest BCUT2D eigenvalue weighted by atomic mass is 9.86. The lowest BCUT2D eigenvalue weighted by Gasteiger charge is -2.29. The van der Waals surface area contributed by atoms with Crippen molar-refractivity contribution in [3.63, 3.8) is 0 Å². The maximum atomic E-state index is 3.99. The largest absolute Gasteiger partial charge is 0.306 e. The zero-order valence-corrected chi connectivity index (χ0v) is 9.66. The van der Waals surface area contributed by atoms with E-state index in [1.807, 2.05) is 12.3 Å². The predicted molar refractivity (Wildman–Crippen MR) is 61.6 cm³/mol. The van der Waals surface area contributed by atoms with Crippen molar-refractivity contribution >= 4 is 0 Å². The van der Waals surface area contributed by atoms with Crippen molar-refractivity contribution in [3.8, 4) is 0 Å². The number of rotatable bonds is 3. The molecule has 1 fully saturated rings. The zero-order chi connectivity index (χ0) is 10.7. The summed E-state index contributed by atoms with van der Waals surface area (Å²) in [6.07, 6.45) is 7.23. The highest BCUT2D eigenvalue weighted by Gasteiger charge is 2.20. The van der Waals surface area contributed by atoms with Crippen LogP contribution in [0.5, 0.6) is 0 Å². The summed E-state index contributed by atoms with van der Waals surface area (Å²) in [7, 11) is 0. The van der Waals surface area contributed by atoms with Gasteiger partial charge in [0.25, 0.3) is 0 Å². The minimum absolute atomic E-state index is 0.391. The molecule has 84 valence electrons. The van der Waals surface area contributed by atoms with Gasteiger partial charge in [0.05, 0.1) is 5.69 Å². The van der Waals surface area contributed by atoms with Crippen LogP contribution in [0.25, 0.3) is 0 Å². The molecular weight excluding hydrogens is 186 g/mol. The van der Waals surface area contributed by atoms with Gasteiger partial charge in [-0.2, -0.15) is 5.10 Å². The molecule has 2 rings (SSSR count). The van der Waals surface area contributed by atoms with Crippen molar-refractivity contribution < 1.29 is 0 Å². The molecule has 15 heavy (non-hydrogen) atoms. The Hall–Kier alpha value is -0.830. The van der Waals surface area contributed by atoms with E-state index in [0.717, 1.165) is 5.92 Å². The highest BCUT2D eigenvalue weighted by Crippen LogP contribution is 2.25. The van der Waals surface area contributed by atoms with E-state index >= 15 is 0 Å². The molecule has 3 unspecified atom stereocenters. The quantitative estimate of drug-likeness (QED) is 0.800. The smallest absolute Gasteiger partial charge is 0.0518 e. The van der Waals surface area contributed by atoms with Crippen LogP contribution in [0.1, 0.15) is 51.3 Å². The predicted octanol–water partition coefficient (Wildman–Crippen LogP) is 2.64. The molecule has 1 saturated carbocycles. The Morgan fingerprint density at radius 1 is 1.53 bits per heavy atom. The van der Waals surface area contributed by atoms with Crippen molar-refractivity contribution in [2.75, 3.05) is 0 Å². The third-order valence-electron chi connectivity index (χ3n) is 3.41. The molecule has 0 aromatic carbocycles. The van der Waals surface area contributed by atoms with Crippen molar-refractivity contribution in [2.24, 2.45) is 5.92 Å². The number of hydrogen-bond acceptors (Lipinski definition) is 2. The Morgan fingerprint density at radius 2 is 2.40 bits per heavy atom. The second kappa shape index (κ2) is 4.79. The summed E-state index contributed by atoms with van der Waals surface area (Å²) in [4.78, 5) is 0. The summed E-state index contributed by atoms with van der Waals surface area (Å²) in [5, 5.41) is 10.7. The molecule has 1 aliphatic carbocycles. The van der Waals surface area contributed by atoms with Crippen molar-refractivity contribution in [3.05, 3.63) is 18.0 Å². The lowest BCUT2D eigenvalue weighted by molar-refractivity contribution is 0.284. The van der Waals surface area contributed by atoms with Gasteiger partial charge in [0, 0.05) is 18.3 Å². The van der Waals surface area contributed by atoms with Gasteiger partial charge in [0.15, 0.2) is 0 Å².